The van der Waals surface area contributed by atoms with Crippen molar-refractivity contribution in [3.8, 4) is 11.5 Å². The van der Waals surface area contributed by atoms with Gasteiger partial charge in [-0.15, -0.1) is 0 Å². The van der Waals surface area contributed by atoms with E-state index in [0.717, 1.165) is 49.0 Å². The van der Waals surface area contributed by atoms with E-state index in [0.29, 0.717) is 70.7 Å². The van der Waals surface area contributed by atoms with Crippen LogP contribution in [0.4, 0.5) is 31.9 Å². The minimum absolute atomic E-state index is 0.0368. The fourth-order valence-electron chi connectivity index (χ4n) is 9.76. The number of ether oxygens (including phenoxy) is 2. The van der Waals surface area contributed by atoms with Gasteiger partial charge in [-0.1, -0.05) is 18.5 Å². The molecule has 2 amide bonds. The Labute approximate surface area is 342 Å². The highest BCUT2D eigenvalue weighted by Gasteiger charge is 2.52. The monoisotopic (exact) mass is 827 g/mol. The summed E-state index contributed by atoms with van der Waals surface area (Å²) in [5.41, 5.74) is 2.62. The van der Waals surface area contributed by atoms with Gasteiger partial charge < -0.3 is 29.6 Å². The molecule has 2 aliphatic carbocycles. The third kappa shape index (κ3) is 6.59. The molecule has 4 atom stereocenters. The molecule has 3 N–H and O–H groups in total. The summed E-state index contributed by atoms with van der Waals surface area (Å²) in [7, 11) is 3.45. The molecule has 4 fully saturated rings. The van der Waals surface area contributed by atoms with Gasteiger partial charge in [-0.25, -0.2) is 13.8 Å². The number of aryl methyl sites for hydroxylation is 2. The number of pyridine rings is 1. The summed E-state index contributed by atoms with van der Waals surface area (Å²) in [6, 6.07) is 10.1. The number of imide groups is 1. The van der Waals surface area contributed by atoms with Gasteiger partial charge in [0, 0.05) is 61.5 Å². The number of piperidine rings is 1. The molecule has 1 unspecified atom stereocenters. The van der Waals surface area contributed by atoms with Crippen LogP contribution in [0.15, 0.2) is 47.4 Å². The lowest BCUT2D eigenvalue weighted by Gasteiger charge is -2.55. The number of nitrogens with one attached hydrogen (secondary N) is 3. The van der Waals surface area contributed by atoms with Gasteiger partial charge in [0.25, 0.3) is 5.56 Å². The van der Waals surface area contributed by atoms with Gasteiger partial charge in [-0.3, -0.25) is 24.4 Å². The van der Waals surface area contributed by atoms with Gasteiger partial charge in [-0.2, -0.15) is 10.1 Å². The maximum absolute atomic E-state index is 15.2. The van der Waals surface area contributed by atoms with Crippen molar-refractivity contribution in [3.05, 3.63) is 63.7 Å². The highest BCUT2D eigenvalue weighted by molar-refractivity contribution is 6.33. The SMILES string of the molecule is C[C@H]1CC2(CC[C@H]1Oc1ccc3c(C4CCC(=O)NC4=O)nn(C)c3c1)CN(c1ncc(Cl)c(Nc3ccc4c(c3)c3c(c(=O)n4C)OCC(F)(F)[C@H](C4CC4)N3)n1)C2. The average Bonchev–Trinajstić information content (AvgIpc) is 4.00. The van der Waals surface area contributed by atoms with Crippen molar-refractivity contribution in [1.29, 1.82) is 0 Å². The molecule has 0 bridgehead atoms. The van der Waals surface area contributed by atoms with Crippen LogP contribution in [0.2, 0.25) is 5.02 Å². The van der Waals surface area contributed by atoms with Crippen LogP contribution in [0, 0.1) is 17.3 Å². The summed E-state index contributed by atoms with van der Waals surface area (Å²) >= 11 is 6.62. The van der Waals surface area contributed by atoms with E-state index in [9.17, 15) is 14.4 Å². The van der Waals surface area contributed by atoms with Crippen LogP contribution in [0.25, 0.3) is 21.8 Å². The molecule has 308 valence electrons. The van der Waals surface area contributed by atoms with Crippen LogP contribution >= 0.6 is 11.6 Å². The Hall–Kier alpha value is -5.51. The number of aromatic nitrogens is 5. The van der Waals surface area contributed by atoms with Gasteiger partial charge in [0.15, 0.2) is 12.4 Å². The summed E-state index contributed by atoms with van der Waals surface area (Å²) < 4.78 is 45.6. The first-order chi connectivity index (χ1) is 28.3. The van der Waals surface area contributed by atoms with E-state index in [4.69, 9.17) is 26.1 Å². The largest absolute Gasteiger partial charge is 0.490 e. The number of carbonyl (C=O) groups is 2. The summed E-state index contributed by atoms with van der Waals surface area (Å²) in [6.45, 7) is 2.96. The van der Waals surface area contributed by atoms with Gasteiger partial charge in [0.2, 0.25) is 23.5 Å². The maximum atomic E-state index is 15.2. The topological polar surface area (TPSA) is 158 Å². The van der Waals surface area contributed by atoms with Crippen LogP contribution in [0.3, 0.4) is 0 Å². The van der Waals surface area contributed by atoms with Crippen LogP contribution in [-0.2, 0) is 23.7 Å². The lowest BCUT2D eigenvalue weighted by molar-refractivity contribution is -0.134. The number of alkyl halides is 2. The number of anilines is 4. The fourth-order valence-corrected chi connectivity index (χ4v) is 9.90. The molecule has 5 aromatic rings. The van der Waals surface area contributed by atoms with Crippen molar-refractivity contribution < 1.29 is 27.8 Å². The first-order valence-corrected chi connectivity index (χ1v) is 20.6. The quantitative estimate of drug-likeness (QED) is 0.156. The summed E-state index contributed by atoms with van der Waals surface area (Å²) in [6.07, 6.45) is 6.60. The zero-order chi connectivity index (χ0) is 41.0. The summed E-state index contributed by atoms with van der Waals surface area (Å²) in [5.74, 6) is -2.45. The second-order valence-electron chi connectivity index (χ2n) is 17.2. The van der Waals surface area contributed by atoms with E-state index in [1.807, 2.05) is 25.2 Å². The molecule has 5 aliphatic rings. The van der Waals surface area contributed by atoms with Crippen molar-refractivity contribution in [3.63, 3.8) is 0 Å². The number of halogens is 3. The fraction of sp³-hybridized carbons (Fsp3) is 0.476. The molecule has 14 nitrogen and oxygen atoms in total. The van der Waals surface area contributed by atoms with E-state index in [2.05, 4.69) is 37.9 Å². The zero-order valence-corrected chi connectivity index (χ0v) is 33.6. The zero-order valence-electron chi connectivity index (χ0n) is 32.9. The second-order valence-corrected chi connectivity index (χ2v) is 17.6. The molecule has 2 aromatic carbocycles. The lowest BCUT2D eigenvalue weighted by Crippen LogP contribution is -2.60. The molecular formula is C42H44ClF2N9O5. The van der Waals surface area contributed by atoms with E-state index >= 15 is 8.78 Å². The Balaban J connectivity index is 0.814. The third-order valence-corrected chi connectivity index (χ3v) is 13.3. The van der Waals surface area contributed by atoms with Crippen LogP contribution in [-0.4, -0.2) is 73.9 Å². The molecule has 1 spiro atoms. The smallest absolute Gasteiger partial charge is 0.301 e. The van der Waals surface area contributed by atoms with Crippen molar-refractivity contribution in [2.45, 2.75) is 75.9 Å². The number of carbonyl (C=O) groups excluding carboxylic acids is 2. The molecule has 17 heteroatoms. The number of hydrogen-bond acceptors (Lipinski definition) is 11. The Morgan fingerprint density at radius 3 is 2.59 bits per heavy atom. The van der Waals surface area contributed by atoms with Gasteiger partial charge in [-0.05, 0) is 80.7 Å². The minimum atomic E-state index is -3.14. The number of fused-ring (bicyclic) bond motifs is 4. The van der Waals surface area contributed by atoms with E-state index < -0.39 is 30.0 Å². The molecule has 2 saturated heterocycles. The standard InChI is InChI=1S/C42H44ClF2N9O5/c1-21-16-41(13-12-31(21)59-24-7-8-25-30(15-24)53(3)51-33(25)26-9-11-32(55)48-38(26)56)18-54(19-41)40-46-17-28(43)37(50-40)47-23-6-10-29-27(14-23)34-35(39(57)52(29)2)58-20-42(44,45)36(49-34)22-4-5-22/h6-8,10,14-15,17,21-22,26,31,36,49H,4-5,9,11-13,16,18-20H2,1-3H3,(H,46,47,50)(H,48,55,56)/t21-,26?,31+,36-/m0/s1. The number of rotatable bonds is 7. The van der Waals surface area contributed by atoms with Crippen molar-refractivity contribution >= 4 is 68.4 Å². The first kappa shape index (κ1) is 37.7. The third-order valence-electron chi connectivity index (χ3n) is 13.0. The first-order valence-electron chi connectivity index (χ1n) is 20.2. The van der Waals surface area contributed by atoms with Crippen molar-refractivity contribution in [1.82, 2.24) is 29.6 Å². The molecule has 3 aromatic heterocycles. The van der Waals surface area contributed by atoms with E-state index in [1.165, 1.54) is 4.57 Å². The van der Waals surface area contributed by atoms with Gasteiger partial charge >= 0.3 is 5.92 Å². The molecule has 10 rings (SSSR count). The lowest BCUT2D eigenvalue weighted by atomic mass is 9.64. The second kappa shape index (κ2) is 13.8. The van der Waals surface area contributed by atoms with Crippen molar-refractivity contribution in [2.75, 3.05) is 35.2 Å². The Morgan fingerprint density at radius 1 is 1.02 bits per heavy atom. The Morgan fingerprint density at radius 2 is 1.83 bits per heavy atom. The number of benzene rings is 2. The molecule has 0 radical (unpaired) electrons. The summed E-state index contributed by atoms with van der Waals surface area (Å²) in [5, 5.41) is 15.2. The predicted molar refractivity (Wildman–Crippen MR) is 218 cm³/mol. The van der Waals surface area contributed by atoms with E-state index in [1.54, 1.807) is 36.1 Å². The number of amides is 2. The highest BCUT2D eigenvalue weighted by atomic mass is 35.5. The predicted octanol–water partition coefficient (Wildman–Crippen LogP) is 6.42. The van der Waals surface area contributed by atoms with Crippen LogP contribution in [0.1, 0.15) is 63.5 Å². The van der Waals surface area contributed by atoms with E-state index in [-0.39, 0.29) is 40.7 Å². The van der Waals surface area contributed by atoms with Crippen molar-refractivity contribution in [2.24, 2.45) is 31.3 Å². The molecule has 6 heterocycles. The maximum Gasteiger partial charge on any atom is 0.301 e. The Bertz CT molecular complexity index is 2620. The van der Waals surface area contributed by atoms with Gasteiger partial charge in [0.05, 0.1) is 40.6 Å². The van der Waals surface area contributed by atoms with Gasteiger partial charge in [0.1, 0.15) is 16.9 Å². The molecule has 3 aliphatic heterocycles. The van der Waals surface area contributed by atoms with Crippen LogP contribution in [0.5, 0.6) is 11.5 Å². The average molecular weight is 828 g/mol. The molecule has 59 heavy (non-hydrogen) atoms. The number of hydrogen-bond donors (Lipinski definition) is 3. The Kier molecular flexibility index (Phi) is 8.82. The van der Waals surface area contributed by atoms with Crippen LogP contribution < -0.4 is 35.9 Å². The highest BCUT2D eigenvalue weighted by Crippen LogP contribution is 2.49. The summed E-state index contributed by atoms with van der Waals surface area (Å²) in [4.78, 5) is 49.1. The molecule has 2 saturated carbocycles. The molecular weight excluding hydrogens is 784 g/mol. The number of nitrogens with zero attached hydrogens (tertiary/aromatic N) is 6. The minimum Gasteiger partial charge on any atom is -0.490 e. The normalized spacial score (nSPS) is 24.8.